The third kappa shape index (κ3) is 7.39. The van der Waals surface area contributed by atoms with E-state index in [1.807, 2.05) is 19.0 Å². The fraction of sp³-hybridized carbons (Fsp3) is 0.333. The number of carbonyl (C=O) groups excluding carboxylic acids is 1. The largest absolute Gasteiger partial charge is 0.447 e. The van der Waals surface area contributed by atoms with Crippen molar-refractivity contribution in [2.75, 3.05) is 27.2 Å². The summed E-state index contributed by atoms with van der Waals surface area (Å²) in [6, 6.07) is 11.1. The van der Waals surface area contributed by atoms with Crippen LogP contribution in [0, 0.1) is 5.82 Å². The van der Waals surface area contributed by atoms with Crippen LogP contribution in [0.5, 0.6) is 0 Å². The predicted molar refractivity (Wildman–Crippen MR) is 118 cm³/mol. The second-order valence-electron chi connectivity index (χ2n) is 8.12. The molecule has 6 nitrogen and oxygen atoms in total. The average molecular weight is 478 g/mol. The lowest BCUT2D eigenvalue weighted by Crippen LogP contribution is -2.31. The summed E-state index contributed by atoms with van der Waals surface area (Å²) in [6.45, 7) is 1.35. The summed E-state index contributed by atoms with van der Waals surface area (Å²) in [5.74, 6) is -0.624. The van der Waals surface area contributed by atoms with E-state index in [1.54, 1.807) is 29.2 Å². The molecule has 0 unspecified atom stereocenters. The number of rotatable bonds is 10. The Morgan fingerprint density at radius 1 is 1.06 bits per heavy atom. The Hall–Kier alpha value is -3.24. The molecular weight excluding hydrogens is 452 g/mol. The Labute approximate surface area is 195 Å². The molecule has 182 valence electrons. The number of carbonyl (C=O) groups is 1. The van der Waals surface area contributed by atoms with Crippen molar-refractivity contribution in [2.45, 2.75) is 25.8 Å². The molecule has 0 saturated heterocycles. The zero-order valence-corrected chi connectivity index (χ0v) is 18.9. The van der Waals surface area contributed by atoms with Crippen LogP contribution in [0.4, 0.5) is 17.6 Å². The van der Waals surface area contributed by atoms with Crippen molar-refractivity contribution in [3.8, 4) is 0 Å². The first-order chi connectivity index (χ1) is 16.1. The van der Waals surface area contributed by atoms with E-state index in [4.69, 9.17) is 4.42 Å². The molecule has 0 aliphatic rings. The minimum atomic E-state index is -4.47. The summed E-state index contributed by atoms with van der Waals surface area (Å²) in [5, 5.41) is 2.73. The zero-order valence-electron chi connectivity index (χ0n) is 18.9. The molecule has 3 aromatic rings. The fourth-order valence-corrected chi connectivity index (χ4v) is 3.30. The number of oxazole rings is 1. The van der Waals surface area contributed by atoms with E-state index in [0.29, 0.717) is 24.2 Å². The second-order valence-corrected chi connectivity index (χ2v) is 8.12. The quantitative estimate of drug-likeness (QED) is 0.440. The molecule has 1 heterocycles. The zero-order chi connectivity index (χ0) is 24.7. The number of likely N-dealkylation sites (N-methyl/N-ethyl adjacent to an activating group) is 1. The SMILES string of the molecule is CN(C)CCNC(=O)c1coc(CN(Cc2cccc(C(F)(F)F)c2)Cc2ccccc2F)n1. The van der Waals surface area contributed by atoms with Gasteiger partial charge in [-0.2, -0.15) is 13.2 Å². The Bertz CT molecular complexity index is 1100. The molecule has 34 heavy (non-hydrogen) atoms. The molecule has 0 atom stereocenters. The van der Waals surface area contributed by atoms with E-state index < -0.39 is 23.5 Å². The van der Waals surface area contributed by atoms with Crippen molar-refractivity contribution in [1.82, 2.24) is 20.1 Å². The molecule has 0 fully saturated rings. The van der Waals surface area contributed by atoms with Crippen LogP contribution in [-0.4, -0.2) is 47.9 Å². The van der Waals surface area contributed by atoms with E-state index in [-0.39, 0.29) is 31.2 Å². The number of aromatic nitrogens is 1. The maximum atomic E-state index is 14.3. The lowest BCUT2D eigenvalue weighted by molar-refractivity contribution is -0.137. The highest BCUT2D eigenvalue weighted by Gasteiger charge is 2.30. The molecule has 2 aromatic carbocycles. The summed E-state index contributed by atoms with van der Waals surface area (Å²) in [6.07, 6.45) is -3.24. The van der Waals surface area contributed by atoms with Crippen molar-refractivity contribution < 1.29 is 26.8 Å². The van der Waals surface area contributed by atoms with E-state index in [0.717, 1.165) is 12.1 Å². The summed E-state index contributed by atoms with van der Waals surface area (Å²) in [5.41, 5.74) is 0.115. The molecule has 0 aliphatic carbocycles. The predicted octanol–water partition coefficient (Wildman–Crippen LogP) is 4.33. The van der Waals surface area contributed by atoms with Crippen molar-refractivity contribution in [1.29, 1.82) is 0 Å². The number of amides is 1. The molecule has 0 aliphatic heterocycles. The van der Waals surface area contributed by atoms with Crippen LogP contribution >= 0.6 is 0 Å². The van der Waals surface area contributed by atoms with Crippen molar-refractivity contribution in [2.24, 2.45) is 0 Å². The van der Waals surface area contributed by atoms with Crippen LogP contribution in [-0.2, 0) is 25.8 Å². The van der Waals surface area contributed by atoms with Crippen LogP contribution in [0.2, 0.25) is 0 Å². The number of halogens is 4. The molecule has 10 heteroatoms. The van der Waals surface area contributed by atoms with Gasteiger partial charge in [-0.15, -0.1) is 0 Å². The standard InChI is InChI=1S/C24H26F4N4O2/c1-31(2)11-10-29-23(33)21-16-34-22(30-21)15-32(14-18-7-3-4-9-20(18)25)13-17-6-5-8-19(12-17)24(26,27)28/h3-9,12,16H,10-11,13-15H2,1-2H3,(H,29,33). The molecule has 1 N–H and O–H groups in total. The maximum absolute atomic E-state index is 14.3. The Kier molecular flexibility index (Phi) is 8.41. The van der Waals surface area contributed by atoms with E-state index in [9.17, 15) is 22.4 Å². The van der Waals surface area contributed by atoms with Gasteiger partial charge in [0.2, 0.25) is 5.89 Å². The average Bonchev–Trinajstić information content (AvgIpc) is 3.23. The van der Waals surface area contributed by atoms with Gasteiger partial charge in [0, 0.05) is 31.7 Å². The van der Waals surface area contributed by atoms with Gasteiger partial charge in [0.05, 0.1) is 12.1 Å². The summed E-state index contributed by atoms with van der Waals surface area (Å²) in [4.78, 5) is 20.1. The van der Waals surface area contributed by atoms with Gasteiger partial charge in [-0.1, -0.05) is 36.4 Å². The number of alkyl halides is 3. The lowest BCUT2D eigenvalue weighted by Gasteiger charge is -2.22. The van der Waals surface area contributed by atoms with Crippen LogP contribution < -0.4 is 5.32 Å². The van der Waals surface area contributed by atoms with Gasteiger partial charge < -0.3 is 14.6 Å². The van der Waals surface area contributed by atoms with Gasteiger partial charge in [0.15, 0.2) is 5.69 Å². The van der Waals surface area contributed by atoms with Crippen molar-refractivity contribution in [3.63, 3.8) is 0 Å². The molecule has 1 aromatic heterocycles. The molecule has 3 rings (SSSR count). The lowest BCUT2D eigenvalue weighted by atomic mass is 10.1. The molecule has 1 amide bonds. The summed E-state index contributed by atoms with van der Waals surface area (Å²) < 4.78 is 59.1. The monoisotopic (exact) mass is 478 g/mol. The normalized spacial score (nSPS) is 11.9. The molecular formula is C24H26F4N4O2. The van der Waals surface area contributed by atoms with Gasteiger partial charge in [-0.3, -0.25) is 9.69 Å². The number of nitrogens with one attached hydrogen (secondary N) is 1. The van der Waals surface area contributed by atoms with Gasteiger partial charge in [0.1, 0.15) is 12.1 Å². The highest BCUT2D eigenvalue weighted by Crippen LogP contribution is 2.30. The number of benzene rings is 2. The highest BCUT2D eigenvalue weighted by molar-refractivity contribution is 5.91. The highest BCUT2D eigenvalue weighted by atomic mass is 19.4. The maximum Gasteiger partial charge on any atom is 0.416 e. The molecule has 0 radical (unpaired) electrons. The van der Waals surface area contributed by atoms with E-state index in [2.05, 4.69) is 10.3 Å². The second kappa shape index (κ2) is 11.3. The smallest absolute Gasteiger partial charge is 0.416 e. The van der Waals surface area contributed by atoms with Crippen LogP contribution in [0.15, 0.2) is 59.2 Å². The molecule has 0 saturated carbocycles. The van der Waals surface area contributed by atoms with Gasteiger partial charge in [-0.25, -0.2) is 9.37 Å². The van der Waals surface area contributed by atoms with Crippen molar-refractivity contribution >= 4 is 5.91 Å². The minimum Gasteiger partial charge on any atom is -0.447 e. The van der Waals surface area contributed by atoms with E-state index >= 15 is 0 Å². The number of hydrogen-bond donors (Lipinski definition) is 1. The van der Waals surface area contributed by atoms with Crippen LogP contribution in [0.25, 0.3) is 0 Å². The van der Waals surface area contributed by atoms with E-state index in [1.165, 1.54) is 18.4 Å². The summed E-state index contributed by atoms with van der Waals surface area (Å²) >= 11 is 0. The van der Waals surface area contributed by atoms with Gasteiger partial charge in [0.25, 0.3) is 5.91 Å². The Balaban J connectivity index is 1.76. The first kappa shape index (κ1) is 25.4. The molecule has 0 bridgehead atoms. The Morgan fingerprint density at radius 3 is 2.53 bits per heavy atom. The van der Waals surface area contributed by atoms with Crippen LogP contribution in [0.3, 0.4) is 0 Å². The van der Waals surface area contributed by atoms with Crippen LogP contribution in [0.1, 0.15) is 33.1 Å². The third-order valence-electron chi connectivity index (χ3n) is 5.00. The molecule has 0 spiro atoms. The number of hydrogen-bond acceptors (Lipinski definition) is 5. The van der Waals surface area contributed by atoms with Gasteiger partial charge >= 0.3 is 6.18 Å². The summed E-state index contributed by atoms with van der Waals surface area (Å²) in [7, 11) is 3.77. The van der Waals surface area contributed by atoms with Crippen molar-refractivity contribution in [3.05, 3.63) is 88.9 Å². The fourth-order valence-electron chi connectivity index (χ4n) is 3.30. The third-order valence-corrected chi connectivity index (χ3v) is 5.00. The van der Waals surface area contributed by atoms with Gasteiger partial charge in [-0.05, 0) is 31.8 Å². The minimum absolute atomic E-state index is 0.0650. The topological polar surface area (TPSA) is 61.6 Å². The Morgan fingerprint density at radius 2 is 1.82 bits per heavy atom. The first-order valence-electron chi connectivity index (χ1n) is 10.6. The number of nitrogens with zero attached hydrogens (tertiary/aromatic N) is 3. The first-order valence-corrected chi connectivity index (χ1v) is 10.6.